The quantitative estimate of drug-likeness (QED) is 0.745. The third-order valence-corrected chi connectivity index (χ3v) is 1.51. The topological polar surface area (TPSA) is 73.9 Å². The fourth-order valence-electron chi connectivity index (χ4n) is 0.909. The number of hydrogen-bond donors (Lipinski definition) is 1. The maximum atomic E-state index is 5.51. The Balaban J connectivity index is 2.96. The Bertz CT molecular complexity index is 287. The van der Waals surface area contributed by atoms with E-state index in [4.69, 9.17) is 10.5 Å². The lowest BCUT2D eigenvalue weighted by atomic mass is 10.2. The third-order valence-electron chi connectivity index (χ3n) is 1.51. The molecule has 1 heterocycles. The van der Waals surface area contributed by atoms with Gasteiger partial charge in [-0.1, -0.05) is 13.8 Å². The Morgan fingerprint density at radius 3 is 2.54 bits per heavy atom. The number of rotatable bonds is 3. The maximum absolute atomic E-state index is 5.51. The highest BCUT2D eigenvalue weighted by molar-refractivity contribution is 5.16. The molecule has 1 aromatic rings. The Labute approximate surface area is 77.4 Å². The monoisotopic (exact) mass is 182 g/mol. The van der Waals surface area contributed by atoms with E-state index in [0.717, 1.165) is 0 Å². The van der Waals surface area contributed by atoms with Gasteiger partial charge in [-0.15, -0.1) is 0 Å². The molecule has 0 amide bonds. The van der Waals surface area contributed by atoms with E-state index in [1.165, 1.54) is 0 Å². The van der Waals surface area contributed by atoms with Crippen LogP contribution in [0.3, 0.4) is 0 Å². The molecule has 0 radical (unpaired) electrons. The van der Waals surface area contributed by atoms with Crippen molar-refractivity contribution in [1.82, 2.24) is 15.0 Å². The summed E-state index contributed by atoms with van der Waals surface area (Å²) >= 11 is 0. The van der Waals surface area contributed by atoms with Crippen molar-refractivity contribution in [2.75, 3.05) is 12.8 Å². The molecule has 5 heteroatoms. The Morgan fingerprint density at radius 2 is 2.00 bits per heavy atom. The van der Waals surface area contributed by atoms with Crippen LogP contribution in [0.5, 0.6) is 0 Å². The molecule has 0 unspecified atom stereocenters. The van der Waals surface area contributed by atoms with Crippen LogP contribution in [0, 0.1) is 0 Å². The van der Waals surface area contributed by atoms with Crippen LogP contribution >= 0.6 is 0 Å². The first-order chi connectivity index (χ1) is 6.13. The van der Waals surface area contributed by atoms with Gasteiger partial charge in [-0.2, -0.15) is 9.97 Å². The van der Waals surface area contributed by atoms with Crippen molar-refractivity contribution < 1.29 is 4.74 Å². The molecule has 0 fully saturated rings. The molecule has 0 spiro atoms. The first-order valence-corrected chi connectivity index (χ1v) is 4.12. The predicted molar refractivity (Wildman–Crippen MR) is 49.0 cm³/mol. The SMILES string of the molecule is COCc1nc(N)nc(C(C)C)n1. The maximum Gasteiger partial charge on any atom is 0.223 e. The molecule has 0 saturated heterocycles. The van der Waals surface area contributed by atoms with Gasteiger partial charge in [0.25, 0.3) is 0 Å². The Morgan fingerprint density at radius 1 is 1.31 bits per heavy atom. The van der Waals surface area contributed by atoms with Gasteiger partial charge in [-0.3, -0.25) is 0 Å². The Kier molecular flexibility index (Phi) is 3.13. The summed E-state index contributed by atoms with van der Waals surface area (Å²) in [6, 6.07) is 0. The van der Waals surface area contributed by atoms with Crippen molar-refractivity contribution in [3.8, 4) is 0 Å². The molecule has 1 aromatic heterocycles. The fourth-order valence-corrected chi connectivity index (χ4v) is 0.909. The molecule has 0 atom stereocenters. The first kappa shape index (κ1) is 9.85. The minimum absolute atomic E-state index is 0.251. The standard InChI is InChI=1S/C8H14N4O/c1-5(2)7-10-6(4-13-3)11-8(9)12-7/h5H,4H2,1-3H3,(H2,9,10,11,12). The van der Waals surface area contributed by atoms with Gasteiger partial charge in [0.2, 0.25) is 5.95 Å². The number of aromatic nitrogens is 3. The highest BCUT2D eigenvalue weighted by Gasteiger charge is 2.06. The van der Waals surface area contributed by atoms with Crippen LogP contribution in [-0.2, 0) is 11.3 Å². The van der Waals surface area contributed by atoms with Gasteiger partial charge in [0.1, 0.15) is 12.4 Å². The van der Waals surface area contributed by atoms with Crippen LogP contribution in [0.25, 0.3) is 0 Å². The summed E-state index contributed by atoms with van der Waals surface area (Å²) in [5.41, 5.74) is 5.51. The second-order valence-electron chi connectivity index (χ2n) is 3.06. The van der Waals surface area contributed by atoms with E-state index in [0.29, 0.717) is 18.3 Å². The molecule has 2 N–H and O–H groups in total. The molecule has 0 aliphatic rings. The number of nitrogens with two attached hydrogens (primary N) is 1. The molecule has 13 heavy (non-hydrogen) atoms. The molecule has 72 valence electrons. The number of nitrogens with zero attached hydrogens (tertiary/aromatic N) is 3. The van der Waals surface area contributed by atoms with Crippen LogP contribution < -0.4 is 5.73 Å². The van der Waals surface area contributed by atoms with Crippen molar-refractivity contribution in [1.29, 1.82) is 0 Å². The minimum Gasteiger partial charge on any atom is -0.377 e. The van der Waals surface area contributed by atoms with E-state index in [2.05, 4.69) is 15.0 Å². The second kappa shape index (κ2) is 4.13. The molecule has 0 aliphatic heterocycles. The zero-order valence-corrected chi connectivity index (χ0v) is 8.11. The largest absolute Gasteiger partial charge is 0.377 e. The summed E-state index contributed by atoms with van der Waals surface area (Å²) in [5.74, 6) is 1.80. The van der Waals surface area contributed by atoms with Crippen LogP contribution in [0.15, 0.2) is 0 Å². The number of anilines is 1. The normalized spacial score (nSPS) is 10.8. The highest BCUT2D eigenvalue weighted by atomic mass is 16.5. The predicted octanol–water partition coefficient (Wildman–Crippen LogP) is 0.724. The fraction of sp³-hybridized carbons (Fsp3) is 0.625. The van der Waals surface area contributed by atoms with E-state index in [-0.39, 0.29) is 11.9 Å². The molecule has 5 nitrogen and oxygen atoms in total. The first-order valence-electron chi connectivity index (χ1n) is 4.12. The highest BCUT2D eigenvalue weighted by Crippen LogP contribution is 2.09. The molecule has 0 bridgehead atoms. The van der Waals surface area contributed by atoms with E-state index in [1.54, 1.807) is 7.11 Å². The van der Waals surface area contributed by atoms with E-state index in [9.17, 15) is 0 Å². The van der Waals surface area contributed by atoms with E-state index < -0.39 is 0 Å². The van der Waals surface area contributed by atoms with E-state index >= 15 is 0 Å². The van der Waals surface area contributed by atoms with Gasteiger partial charge in [0.05, 0.1) is 0 Å². The minimum atomic E-state index is 0.251. The second-order valence-corrected chi connectivity index (χ2v) is 3.06. The van der Waals surface area contributed by atoms with Crippen molar-refractivity contribution >= 4 is 5.95 Å². The number of hydrogen-bond acceptors (Lipinski definition) is 5. The average Bonchev–Trinajstić information content (AvgIpc) is 2.03. The summed E-state index contributed by atoms with van der Waals surface area (Å²) in [6.45, 7) is 4.38. The third kappa shape index (κ3) is 2.62. The molecule has 0 aromatic carbocycles. The molecule has 0 aliphatic carbocycles. The Hall–Kier alpha value is -1.23. The van der Waals surface area contributed by atoms with Crippen molar-refractivity contribution in [3.63, 3.8) is 0 Å². The van der Waals surface area contributed by atoms with Gasteiger partial charge in [-0.25, -0.2) is 4.98 Å². The molecular weight excluding hydrogens is 168 g/mol. The average molecular weight is 182 g/mol. The van der Waals surface area contributed by atoms with Gasteiger partial charge >= 0.3 is 0 Å². The van der Waals surface area contributed by atoms with Crippen molar-refractivity contribution in [2.45, 2.75) is 26.4 Å². The zero-order valence-electron chi connectivity index (χ0n) is 8.11. The number of methoxy groups -OCH3 is 1. The summed E-state index contributed by atoms with van der Waals surface area (Å²) in [5, 5.41) is 0. The summed E-state index contributed by atoms with van der Waals surface area (Å²) in [4.78, 5) is 12.1. The molecule has 0 saturated carbocycles. The van der Waals surface area contributed by atoms with E-state index in [1.807, 2.05) is 13.8 Å². The van der Waals surface area contributed by atoms with Gasteiger partial charge in [0, 0.05) is 13.0 Å². The lowest BCUT2D eigenvalue weighted by Gasteiger charge is -2.05. The van der Waals surface area contributed by atoms with Crippen LogP contribution in [0.4, 0.5) is 5.95 Å². The van der Waals surface area contributed by atoms with Gasteiger partial charge in [-0.05, 0) is 0 Å². The van der Waals surface area contributed by atoms with Gasteiger partial charge in [0.15, 0.2) is 5.82 Å². The lowest BCUT2D eigenvalue weighted by Crippen LogP contribution is -2.08. The molecule has 1 rings (SSSR count). The summed E-state index contributed by atoms with van der Waals surface area (Å²) in [7, 11) is 1.59. The van der Waals surface area contributed by atoms with Crippen LogP contribution in [-0.4, -0.2) is 22.1 Å². The van der Waals surface area contributed by atoms with Gasteiger partial charge < -0.3 is 10.5 Å². The molecular formula is C8H14N4O. The van der Waals surface area contributed by atoms with Crippen molar-refractivity contribution in [3.05, 3.63) is 11.6 Å². The smallest absolute Gasteiger partial charge is 0.223 e. The summed E-state index contributed by atoms with van der Waals surface area (Å²) in [6.07, 6.45) is 0. The number of nitrogen functional groups attached to an aromatic ring is 1. The van der Waals surface area contributed by atoms with Crippen molar-refractivity contribution in [2.24, 2.45) is 0 Å². The zero-order chi connectivity index (χ0) is 9.84. The lowest BCUT2D eigenvalue weighted by molar-refractivity contribution is 0.177. The number of ether oxygens (including phenoxy) is 1. The van der Waals surface area contributed by atoms with Crippen LogP contribution in [0.2, 0.25) is 0 Å². The van der Waals surface area contributed by atoms with Crippen LogP contribution in [0.1, 0.15) is 31.4 Å². The summed E-state index contributed by atoms with van der Waals surface area (Å²) < 4.78 is 4.91.